The molecule has 0 aliphatic heterocycles. The molecule has 0 amide bonds. The van der Waals surface area contributed by atoms with Gasteiger partial charge in [-0.1, -0.05) is 24.3 Å². The monoisotopic (exact) mass is 214 g/mol. The van der Waals surface area contributed by atoms with E-state index in [4.69, 9.17) is 4.74 Å². The highest BCUT2D eigenvalue weighted by Gasteiger charge is 2.13. The summed E-state index contributed by atoms with van der Waals surface area (Å²) in [4.78, 5) is 0. The molecule has 0 saturated heterocycles. The molecule has 0 aliphatic rings. The summed E-state index contributed by atoms with van der Waals surface area (Å²) in [5.41, 5.74) is 1.04. The third kappa shape index (κ3) is 2.35. The zero-order chi connectivity index (χ0) is 11.8. The maximum atomic E-state index is 5.94. The molecule has 0 heterocycles. The smallest absolute Gasteiger partial charge is 0.123 e. The van der Waals surface area contributed by atoms with E-state index in [1.54, 1.807) is 0 Å². The van der Waals surface area contributed by atoms with Gasteiger partial charge < -0.3 is 4.74 Å². The minimum atomic E-state index is -0.146. The topological polar surface area (TPSA) is 9.23 Å². The quantitative estimate of drug-likeness (QED) is 0.686. The van der Waals surface area contributed by atoms with E-state index in [1.165, 1.54) is 16.3 Å². The summed E-state index contributed by atoms with van der Waals surface area (Å²) in [5.74, 6) is 0.978. The van der Waals surface area contributed by atoms with Gasteiger partial charge in [0.15, 0.2) is 0 Å². The number of aryl methyl sites for hydroxylation is 1. The highest BCUT2D eigenvalue weighted by Crippen LogP contribution is 2.28. The third-order valence-corrected chi connectivity index (χ3v) is 2.46. The number of hydrogen-bond acceptors (Lipinski definition) is 1. The Labute approximate surface area is 97.1 Å². The third-order valence-electron chi connectivity index (χ3n) is 2.46. The van der Waals surface area contributed by atoms with E-state index >= 15 is 0 Å². The summed E-state index contributed by atoms with van der Waals surface area (Å²) < 4.78 is 5.94. The van der Waals surface area contributed by atoms with Gasteiger partial charge in [-0.25, -0.2) is 0 Å². The maximum Gasteiger partial charge on any atom is 0.123 e. The molecule has 2 aromatic rings. The van der Waals surface area contributed by atoms with Crippen molar-refractivity contribution in [2.45, 2.75) is 33.3 Å². The molecule has 0 atom stereocenters. The molecule has 0 saturated carbocycles. The van der Waals surface area contributed by atoms with Gasteiger partial charge in [0.1, 0.15) is 11.4 Å². The Kier molecular flexibility index (Phi) is 2.63. The van der Waals surface area contributed by atoms with E-state index in [-0.39, 0.29) is 5.60 Å². The summed E-state index contributed by atoms with van der Waals surface area (Å²) in [5, 5.41) is 2.49. The van der Waals surface area contributed by atoms with Gasteiger partial charge in [-0.2, -0.15) is 0 Å². The maximum absolute atomic E-state index is 5.94. The highest BCUT2D eigenvalue weighted by atomic mass is 16.5. The van der Waals surface area contributed by atoms with Crippen LogP contribution in [-0.2, 0) is 0 Å². The fourth-order valence-electron chi connectivity index (χ4n) is 1.77. The van der Waals surface area contributed by atoms with Crippen molar-refractivity contribution in [3.8, 4) is 5.75 Å². The van der Waals surface area contributed by atoms with Gasteiger partial charge in [0, 0.05) is 0 Å². The van der Waals surface area contributed by atoms with E-state index < -0.39 is 0 Å². The van der Waals surface area contributed by atoms with Crippen molar-refractivity contribution < 1.29 is 4.74 Å². The predicted molar refractivity (Wildman–Crippen MR) is 69.1 cm³/mol. The van der Waals surface area contributed by atoms with Gasteiger partial charge in [0.05, 0.1) is 0 Å². The van der Waals surface area contributed by atoms with Crippen LogP contribution < -0.4 is 4.74 Å². The number of benzene rings is 2. The Bertz CT molecular complexity index is 506. The van der Waals surface area contributed by atoms with Crippen molar-refractivity contribution in [3.05, 3.63) is 42.0 Å². The molecule has 84 valence electrons. The average molecular weight is 214 g/mol. The highest BCUT2D eigenvalue weighted by molar-refractivity contribution is 5.84. The fourth-order valence-corrected chi connectivity index (χ4v) is 1.77. The summed E-state index contributed by atoms with van der Waals surface area (Å²) in [7, 11) is 0. The lowest BCUT2D eigenvalue weighted by Gasteiger charge is -2.23. The van der Waals surface area contributed by atoms with E-state index in [0.29, 0.717) is 0 Å². The van der Waals surface area contributed by atoms with Gasteiger partial charge in [-0.15, -0.1) is 0 Å². The molecule has 1 nitrogen and oxygen atoms in total. The second kappa shape index (κ2) is 3.82. The first-order valence-electron chi connectivity index (χ1n) is 5.64. The normalized spacial score (nSPS) is 11.8. The first kappa shape index (κ1) is 11.0. The van der Waals surface area contributed by atoms with Crippen molar-refractivity contribution in [1.29, 1.82) is 0 Å². The van der Waals surface area contributed by atoms with Crippen LogP contribution in [0.15, 0.2) is 36.4 Å². The van der Waals surface area contributed by atoms with Crippen molar-refractivity contribution in [2.75, 3.05) is 0 Å². The Morgan fingerprint density at radius 1 is 0.938 bits per heavy atom. The van der Waals surface area contributed by atoms with Crippen LogP contribution in [0.25, 0.3) is 10.8 Å². The van der Waals surface area contributed by atoms with E-state index in [1.807, 2.05) is 0 Å². The van der Waals surface area contributed by atoms with Crippen molar-refractivity contribution in [2.24, 2.45) is 0 Å². The average Bonchev–Trinajstić information content (AvgIpc) is 2.17. The lowest BCUT2D eigenvalue weighted by molar-refractivity contribution is 0.130. The summed E-state index contributed by atoms with van der Waals surface area (Å²) >= 11 is 0. The number of fused-ring (bicyclic) bond motifs is 1. The van der Waals surface area contributed by atoms with Crippen LogP contribution in [0.1, 0.15) is 26.3 Å². The molecule has 0 aromatic heterocycles. The Balaban J connectivity index is 2.50. The largest absolute Gasteiger partial charge is 0.488 e. The van der Waals surface area contributed by atoms with Gasteiger partial charge in [-0.3, -0.25) is 0 Å². The molecule has 0 bridgehead atoms. The van der Waals surface area contributed by atoms with Crippen LogP contribution in [0, 0.1) is 6.92 Å². The van der Waals surface area contributed by atoms with Gasteiger partial charge in [0.25, 0.3) is 0 Å². The van der Waals surface area contributed by atoms with Crippen LogP contribution in [0.2, 0.25) is 0 Å². The lowest BCUT2D eigenvalue weighted by atomic mass is 10.1. The second-order valence-electron chi connectivity index (χ2n) is 5.18. The van der Waals surface area contributed by atoms with Crippen LogP contribution in [-0.4, -0.2) is 5.60 Å². The predicted octanol–water partition coefficient (Wildman–Crippen LogP) is 4.33. The molecule has 1 heteroatoms. The van der Waals surface area contributed by atoms with Crippen molar-refractivity contribution in [1.82, 2.24) is 0 Å². The minimum absolute atomic E-state index is 0.146. The van der Waals surface area contributed by atoms with Crippen LogP contribution >= 0.6 is 0 Å². The first-order valence-corrected chi connectivity index (χ1v) is 5.64. The number of rotatable bonds is 1. The molecule has 0 unspecified atom stereocenters. The number of ether oxygens (including phenoxy) is 1. The molecule has 0 spiro atoms. The van der Waals surface area contributed by atoms with E-state index in [2.05, 4.69) is 64.1 Å². The zero-order valence-corrected chi connectivity index (χ0v) is 10.4. The molecule has 0 aliphatic carbocycles. The van der Waals surface area contributed by atoms with Gasteiger partial charge in [-0.05, 0) is 56.2 Å². The standard InChI is InChI=1S/C15H18O/c1-11-9-12-7-5-6-8-13(12)10-14(11)16-15(2,3)4/h5-10H,1-4H3. The molecular formula is C15H18O. The van der Waals surface area contributed by atoms with Crippen LogP contribution in [0.4, 0.5) is 0 Å². The molecule has 0 radical (unpaired) electrons. The zero-order valence-electron chi connectivity index (χ0n) is 10.4. The molecule has 2 aromatic carbocycles. The number of hydrogen-bond donors (Lipinski definition) is 0. The molecule has 2 rings (SSSR count). The fraction of sp³-hybridized carbons (Fsp3) is 0.333. The van der Waals surface area contributed by atoms with Crippen molar-refractivity contribution in [3.63, 3.8) is 0 Å². The van der Waals surface area contributed by atoms with Gasteiger partial charge in [0.2, 0.25) is 0 Å². The summed E-state index contributed by atoms with van der Waals surface area (Å²) in [6.45, 7) is 8.30. The lowest BCUT2D eigenvalue weighted by Crippen LogP contribution is -2.23. The van der Waals surface area contributed by atoms with Crippen LogP contribution in [0.5, 0.6) is 5.75 Å². The Morgan fingerprint density at radius 3 is 2.06 bits per heavy atom. The summed E-state index contributed by atoms with van der Waals surface area (Å²) in [6.07, 6.45) is 0. The second-order valence-corrected chi connectivity index (χ2v) is 5.18. The molecular weight excluding hydrogens is 196 g/mol. The van der Waals surface area contributed by atoms with E-state index in [9.17, 15) is 0 Å². The Morgan fingerprint density at radius 2 is 1.50 bits per heavy atom. The first-order chi connectivity index (χ1) is 7.46. The minimum Gasteiger partial charge on any atom is -0.488 e. The van der Waals surface area contributed by atoms with E-state index in [0.717, 1.165) is 5.75 Å². The van der Waals surface area contributed by atoms with Crippen LogP contribution in [0.3, 0.4) is 0 Å². The SMILES string of the molecule is Cc1cc2ccccc2cc1OC(C)(C)C. The molecule has 0 N–H and O–H groups in total. The van der Waals surface area contributed by atoms with Gasteiger partial charge >= 0.3 is 0 Å². The van der Waals surface area contributed by atoms with Crippen molar-refractivity contribution >= 4 is 10.8 Å². The molecule has 0 fully saturated rings. The molecule has 16 heavy (non-hydrogen) atoms. The Hall–Kier alpha value is -1.50. The summed E-state index contributed by atoms with van der Waals surface area (Å²) in [6, 6.07) is 12.7.